The molecule has 1 aromatic heterocycles. The summed E-state index contributed by atoms with van der Waals surface area (Å²) in [4.78, 5) is 8.51. The van der Waals surface area contributed by atoms with Gasteiger partial charge in [-0.05, 0) is 39.5 Å². The quantitative estimate of drug-likeness (QED) is 0.358. The van der Waals surface area contributed by atoms with Crippen molar-refractivity contribution in [3.8, 4) is 0 Å². The third-order valence-electron chi connectivity index (χ3n) is 4.23. The Morgan fingerprint density at radius 3 is 2.52 bits per heavy atom. The molecule has 0 bridgehead atoms. The predicted octanol–water partition coefficient (Wildman–Crippen LogP) is 5.23. The number of halogens is 1. The van der Waals surface area contributed by atoms with Crippen molar-refractivity contribution in [1.82, 2.24) is 9.97 Å². The maximum absolute atomic E-state index is 6.36. The van der Waals surface area contributed by atoms with Crippen LogP contribution in [0.4, 0.5) is 5.82 Å². The van der Waals surface area contributed by atoms with Crippen molar-refractivity contribution in [2.45, 2.75) is 85.0 Å². The lowest BCUT2D eigenvalue weighted by atomic mass is 10.1. The summed E-state index contributed by atoms with van der Waals surface area (Å²) in [5, 5.41) is 4.13. The molecular formula is C19H34ClN3O2. The molecule has 0 spiro atoms. The summed E-state index contributed by atoms with van der Waals surface area (Å²) in [6, 6.07) is 0.395. The van der Waals surface area contributed by atoms with Crippen LogP contribution >= 0.6 is 11.6 Å². The molecule has 1 aromatic rings. The highest BCUT2D eigenvalue weighted by Crippen LogP contribution is 2.24. The lowest BCUT2D eigenvalue weighted by Crippen LogP contribution is -2.20. The van der Waals surface area contributed by atoms with Crippen LogP contribution in [0.3, 0.4) is 0 Å². The van der Waals surface area contributed by atoms with E-state index in [4.69, 9.17) is 21.1 Å². The number of ether oxygens (including phenoxy) is 2. The molecule has 0 aliphatic rings. The SMILES string of the molecule is CCOC(C)OCCCCCCC(CC)Nc1ncnc(CC)c1Cl. The van der Waals surface area contributed by atoms with Gasteiger partial charge in [0, 0.05) is 19.3 Å². The van der Waals surface area contributed by atoms with E-state index in [1.807, 2.05) is 20.8 Å². The standard InChI is InChI=1S/C19H34ClN3O2/c1-5-16(23-19-18(20)17(6-2)21-14-22-19)12-10-8-9-11-13-25-15(4)24-7-3/h14-16H,5-13H2,1-4H3,(H,21,22,23). The molecule has 5 nitrogen and oxygen atoms in total. The first kappa shape index (κ1) is 22.1. The Balaban J connectivity index is 2.22. The van der Waals surface area contributed by atoms with Crippen LogP contribution in [0.2, 0.25) is 5.02 Å². The minimum Gasteiger partial charge on any atom is -0.366 e. The average Bonchev–Trinajstić information content (AvgIpc) is 2.61. The van der Waals surface area contributed by atoms with Gasteiger partial charge in [0.25, 0.3) is 0 Å². The van der Waals surface area contributed by atoms with Crippen LogP contribution in [0.1, 0.15) is 71.9 Å². The number of nitrogens with one attached hydrogen (secondary N) is 1. The van der Waals surface area contributed by atoms with Gasteiger partial charge in [0.05, 0.1) is 5.69 Å². The van der Waals surface area contributed by atoms with E-state index in [0.717, 1.165) is 43.8 Å². The molecule has 0 amide bonds. The van der Waals surface area contributed by atoms with E-state index in [9.17, 15) is 0 Å². The van der Waals surface area contributed by atoms with Crippen molar-refractivity contribution in [3.05, 3.63) is 17.0 Å². The molecule has 0 aliphatic carbocycles. The number of hydrogen-bond acceptors (Lipinski definition) is 5. The fourth-order valence-electron chi connectivity index (χ4n) is 2.70. The first-order chi connectivity index (χ1) is 12.1. The molecule has 6 heteroatoms. The zero-order valence-electron chi connectivity index (χ0n) is 16.2. The van der Waals surface area contributed by atoms with Crippen molar-refractivity contribution in [3.63, 3.8) is 0 Å². The summed E-state index contributed by atoms with van der Waals surface area (Å²) in [5.41, 5.74) is 0.898. The third kappa shape index (κ3) is 8.84. The van der Waals surface area contributed by atoms with Gasteiger partial charge in [-0.1, -0.05) is 44.7 Å². The van der Waals surface area contributed by atoms with E-state index in [-0.39, 0.29) is 6.29 Å². The van der Waals surface area contributed by atoms with Crippen molar-refractivity contribution >= 4 is 17.4 Å². The Kier molecular flexibility index (Phi) is 11.8. The van der Waals surface area contributed by atoms with Gasteiger partial charge in [0.2, 0.25) is 0 Å². The van der Waals surface area contributed by atoms with Crippen molar-refractivity contribution in [2.75, 3.05) is 18.5 Å². The van der Waals surface area contributed by atoms with Crippen LogP contribution in [0, 0.1) is 0 Å². The van der Waals surface area contributed by atoms with Crippen LogP contribution < -0.4 is 5.32 Å². The van der Waals surface area contributed by atoms with E-state index < -0.39 is 0 Å². The second-order valence-electron chi connectivity index (χ2n) is 6.18. The van der Waals surface area contributed by atoms with Crippen LogP contribution in [-0.2, 0) is 15.9 Å². The van der Waals surface area contributed by atoms with Gasteiger partial charge in [-0.25, -0.2) is 9.97 Å². The number of rotatable bonds is 14. The monoisotopic (exact) mass is 371 g/mol. The van der Waals surface area contributed by atoms with Gasteiger partial charge in [-0.3, -0.25) is 0 Å². The van der Waals surface area contributed by atoms with Gasteiger partial charge in [-0.2, -0.15) is 0 Å². The van der Waals surface area contributed by atoms with E-state index >= 15 is 0 Å². The van der Waals surface area contributed by atoms with E-state index in [1.54, 1.807) is 6.33 Å². The lowest BCUT2D eigenvalue weighted by molar-refractivity contribution is -0.127. The Bertz CT molecular complexity index is 474. The van der Waals surface area contributed by atoms with Crippen molar-refractivity contribution < 1.29 is 9.47 Å². The zero-order chi connectivity index (χ0) is 18.5. The molecule has 0 aromatic carbocycles. The van der Waals surface area contributed by atoms with Crippen molar-refractivity contribution in [2.24, 2.45) is 0 Å². The van der Waals surface area contributed by atoms with E-state index in [0.29, 0.717) is 17.7 Å². The van der Waals surface area contributed by atoms with Crippen LogP contribution in [0.25, 0.3) is 0 Å². The summed E-state index contributed by atoms with van der Waals surface area (Å²) >= 11 is 6.36. The highest BCUT2D eigenvalue weighted by molar-refractivity contribution is 6.33. The van der Waals surface area contributed by atoms with Crippen LogP contribution in [-0.4, -0.2) is 35.5 Å². The Hall–Kier alpha value is -0.910. The van der Waals surface area contributed by atoms with E-state index in [2.05, 4.69) is 22.2 Å². The maximum atomic E-state index is 6.36. The topological polar surface area (TPSA) is 56.3 Å². The van der Waals surface area contributed by atoms with Gasteiger partial charge in [0.1, 0.15) is 17.2 Å². The maximum Gasteiger partial charge on any atom is 0.154 e. The smallest absolute Gasteiger partial charge is 0.154 e. The average molecular weight is 372 g/mol. The lowest BCUT2D eigenvalue weighted by Gasteiger charge is -2.19. The minimum atomic E-state index is -0.0932. The van der Waals surface area contributed by atoms with Gasteiger partial charge >= 0.3 is 0 Å². The zero-order valence-corrected chi connectivity index (χ0v) is 16.9. The number of hydrogen-bond donors (Lipinski definition) is 1. The van der Waals surface area contributed by atoms with E-state index in [1.165, 1.54) is 19.3 Å². The third-order valence-corrected chi connectivity index (χ3v) is 4.63. The van der Waals surface area contributed by atoms with Gasteiger partial charge in [-0.15, -0.1) is 0 Å². The first-order valence-electron chi connectivity index (χ1n) is 9.61. The summed E-state index contributed by atoms with van der Waals surface area (Å²) in [6.45, 7) is 9.64. The molecule has 0 saturated carbocycles. The number of nitrogens with zero attached hydrogens (tertiary/aromatic N) is 2. The van der Waals surface area contributed by atoms with Crippen LogP contribution in [0.15, 0.2) is 6.33 Å². The number of unbranched alkanes of at least 4 members (excludes halogenated alkanes) is 3. The molecule has 2 unspecified atom stereocenters. The van der Waals surface area contributed by atoms with Gasteiger partial charge < -0.3 is 14.8 Å². The largest absolute Gasteiger partial charge is 0.366 e. The molecule has 25 heavy (non-hydrogen) atoms. The normalized spacial score (nSPS) is 13.6. The Labute approximate surface area is 157 Å². The molecular weight excluding hydrogens is 338 g/mol. The highest BCUT2D eigenvalue weighted by Gasteiger charge is 2.12. The fraction of sp³-hybridized carbons (Fsp3) is 0.789. The first-order valence-corrected chi connectivity index (χ1v) is 9.99. The second kappa shape index (κ2) is 13.3. The molecule has 0 radical (unpaired) electrons. The predicted molar refractivity (Wildman–Crippen MR) is 104 cm³/mol. The number of aryl methyl sites for hydroxylation is 1. The molecule has 0 aliphatic heterocycles. The summed E-state index contributed by atoms with van der Waals surface area (Å²) in [5.74, 6) is 0.763. The van der Waals surface area contributed by atoms with Crippen molar-refractivity contribution in [1.29, 1.82) is 0 Å². The number of anilines is 1. The second-order valence-corrected chi connectivity index (χ2v) is 6.56. The molecule has 1 rings (SSSR count). The molecule has 0 fully saturated rings. The van der Waals surface area contributed by atoms with Gasteiger partial charge in [0.15, 0.2) is 6.29 Å². The van der Waals surface area contributed by atoms with Crippen LogP contribution in [0.5, 0.6) is 0 Å². The molecule has 2 atom stereocenters. The molecule has 144 valence electrons. The molecule has 1 heterocycles. The summed E-state index contributed by atoms with van der Waals surface area (Å²) in [7, 11) is 0. The minimum absolute atomic E-state index is 0.0932. The number of aromatic nitrogens is 2. The molecule has 0 saturated heterocycles. The highest BCUT2D eigenvalue weighted by atomic mass is 35.5. The Morgan fingerprint density at radius 2 is 1.84 bits per heavy atom. The summed E-state index contributed by atoms with van der Waals surface area (Å²) in [6.07, 6.45) is 9.15. The summed E-state index contributed by atoms with van der Waals surface area (Å²) < 4.78 is 10.9. The Morgan fingerprint density at radius 1 is 1.08 bits per heavy atom. The fourth-order valence-corrected chi connectivity index (χ4v) is 2.99. The molecule has 1 N–H and O–H groups in total.